The largest absolute Gasteiger partial charge is 0.366 e. The maximum Gasteiger partial charge on any atom is 0.210 e. The van der Waals surface area contributed by atoms with Gasteiger partial charge in [-0.2, -0.15) is 0 Å². The molecule has 5 nitrogen and oxygen atoms in total. The average Bonchev–Trinajstić information content (AvgIpc) is 2.84. The molecule has 0 N–H and O–H groups in total. The SMILES string of the molecule is O=S(=O)(c1ccccc1)c1cnc2ccc(F)cc2c1N1CCN(c2ccccc2F)CC1. The van der Waals surface area contributed by atoms with Crippen molar-refractivity contribution in [1.29, 1.82) is 0 Å². The lowest BCUT2D eigenvalue weighted by atomic mass is 10.1. The summed E-state index contributed by atoms with van der Waals surface area (Å²) < 4.78 is 55.6. The molecule has 0 spiro atoms. The number of hydrogen-bond acceptors (Lipinski definition) is 5. The summed E-state index contributed by atoms with van der Waals surface area (Å²) in [5.41, 5.74) is 1.45. The monoisotopic (exact) mass is 465 g/mol. The molecule has 1 saturated heterocycles. The number of piperazine rings is 1. The zero-order chi connectivity index (χ0) is 23.0. The number of fused-ring (bicyclic) bond motifs is 1. The van der Waals surface area contributed by atoms with Crippen LogP contribution in [0.15, 0.2) is 88.8 Å². The highest BCUT2D eigenvalue weighted by Gasteiger charge is 2.29. The second-order valence-electron chi connectivity index (χ2n) is 7.87. The van der Waals surface area contributed by atoms with E-state index in [0.717, 1.165) is 0 Å². The van der Waals surface area contributed by atoms with Crippen molar-refractivity contribution >= 4 is 32.1 Å². The van der Waals surface area contributed by atoms with Crippen LogP contribution in [0.25, 0.3) is 10.9 Å². The van der Waals surface area contributed by atoms with Crippen molar-refractivity contribution in [3.63, 3.8) is 0 Å². The van der Waals surface area contributed by atoms with Crippen molar-refractivity contribution in [3.05, 3.63) is 90.6 Å². The summed E-state index contributed by atoms with van der Waals surface area (Å²) >= 11 is 0. The van der Waals surface area contributed by atoms with Crippen molar-refractivity contribution in [2.45, 2.75) is 9.79 Å². The van der Waals surface area contributed by atoms with E-state index in [2.05, 4.69) is 4.98 Å². The van der Waals surface area contributed by atoms with Crippen molar-refractivity contribution in [1.82, 2.24) is 4.98 Å². The average molecular weight is 466 g/mol. The molecule has 0 saturated carbocycles. The van der Waals surface area contributed by atoms with E-state index in [1.165, 1.54) is 36.5 Å². The molecular weight excluding hydrogens is 444 g/mol. The minimum atomic E-state index is -3.90. The minimum absolute atomic E-state index is 0.0335. The van der Waals surface area contributed by atoms with E-state index in [9.17, 15) is 17.2 Å². The van der Waals surface area contributed by atoms with Gasteiger partial charge in [0.1, 0.15) is 16.5 Å². The number of aromatic nitrogens is 1. The quantitative estimate of drug-likeness (QED) is 0.438. The molecule has 1 aliphatic rings. The number of hydrogen-bond donors (Lipinski definition) is 0. The highest BCUT2D eigenvalue weighted by molar-refractivity contribution is 7.91. The summed E-state index contributed by atoms with van der Waals surface area (Å²) in [5.74, 6) is -0.764. The summed E-state index contributed by atoms with van der Waals surface area (Å²) in [5, 5.41) is 0.436. The van der Waals surface area contributed by atoms with Crippen molar-refractivity contribution in [2.24, 2.45) is 0 Å². The molecule has 4 aromatic rings. The van der Waals surface area contributed by atoms with E-state index in [1.807, 2.05) is 9.80 Å². The first-order valence-corrected chi connectivity index (χ1v) is 12.1. The predicted octanol–water partition coefficient (Wildman–Crippen LogP) is 4.67. The van der Waals surface area contributed by atoms with Crippen molar-refractivity contribution in [2.75, 3.05) is 36.0 Å². The van der Waals surface area contributed by atoms with Crippen molar-refractivity contribution in [3.8, 4) is 0 Å². The molecule has 0 aliphatic carbocycles. The first kappa shape index (κ1) is 21.3. The Morgan fingerprint density at radius 3 is 2.18 bits per heavy atom. The molecule has 8 heteroatoms. The smallest absolute Gasteiger partial charge is 0.210 e. The Labute approximate surface area is 190 Å². The summed E-state index contributed by atoms with van der Waals surface area (Å²) in [7, 11) is -3.90. The molecular formula is C25H21F2N3O2S. The third kappa shape index (κ3) is 3.91. The van der Waals surface area contributed by atoms with Gasteiger partial charge in [-0.05, 0) is 42.5 Å². The first-order valence-electron chi connectivity index (χ1n) is 10.6. The number of halogens is 2. The lowest BCUT2D eigenvalue weighted by Gasteiger charge is -2.38. The van der Waals surface area contributed by atoms with Gasteiger partial charge in [0.2, 0.25) is 9.84 Å². The summed E-state index contributed by atoms with van der Waals surface area (Å²) in [6, 6.07) is 18.9. The van der Waals surface area contributed by atoms with Crippen LogP contribution in [0.3, 0.4) is 0 Å². The fraction of sp³-hybridized carbons (Fsp3) is 0.160. The van der Waals surface area contributed by atoms with E-state index in [1.54, 1.807) is 42.5 Å². The van der Waals surface area contributed by atoms with Crippen LogP contribution in [0.4, 0.5) is 20.2 Å². The lowest BCUT2D eigenvalue weighted by Crippen LogP contribution is -2.47. The number of anilines is 2. The van der Waals surface area contributed by atoms with Gasteiger partial charge < -0.3 is 9.80 Å². The number of benzene rings is 3. The number of nitrogens with zero attached hydrogens (tertiary/aromatic N) is 3. The molecule has 1 aliphatic heterocycles. The summed E-state index contributed by atoms with van der Waals surface area (Å²) in [4.78, 5) is 8.35. The Kier molecular flexibility index (Phi) is 5.46. The number of pyridine rings is 1. The number of para-hydroxylation sites is 1. The molecule has 5 rings (SSSR count). The van der Waals surface area contributed by atoms with Crippen LogP contribution in [-0.4, -0.2) is 39.6 Å². The fourth-order valence-electron chi connectivity index (χ4n) is 4.26. The zero-order valence-corrected chi connectivity index (χ0v) is 18.5. The van der Waals surface area contributed by atoms with Crippen LogP contribution in [0.1, 0.15) is 0 Å². The van der Waals surface area contributed by atoms with Gasteiger partial charge >= 0.3 is 0 Å². The van der Waals surface area contributed by atoms with E-state index in [0.29, 0.717) is 48.5 Å². The Morgan fingerprint density at radius 2 is 1.45 bits per heavy atom. The van der Waals surface area contributed by atoms with E-state index in [4.69, 9.17) is 0 Å². The third-order valence-electron chi connectivity index (χ3n) is 5.90. The highest BCUT2D eigenvalue weighted by atomic mass is 32.2. The highest BCUT2D eigenvalue weighted by Crippen LogP contribution is 2.37. The fourth-order valence-corrected chi connectivity index (χ4v) is 5.72. The second kappa shape index (κ2) is 8.44. The number of rotatable bonds is 4. The lowest BCUT2D eigenvalue weighted by molar-refractivity contribution is 0.590. The van der Waals surface area contributed by atoms with Gasteiger partial charge in [-0.25, -0.2) is 17.2 Å². The Balaban J connectivity index is 1.59. The molecule has 3 aromatic carbocycles. The maximum atomic E-state index is 14.3. The van der Waals surface area contributed by atoms with Crippen molar-refractivity contribution < 1.29 is 17.2 Å². The van der Waals surface area contributed by atoms with Gasteiger partial charge in [0.05, 0.1) is 21.8 Å². The van der Waals surface area contributed by atoms with E-state index >= 15 is 0 Å². The summed E-state index contributed by atoms with van der Waals surface area (Å²) in [6.45, 7) is 1.87. The van der Waals surface area contributed by atoms with Crippen LogP contribution >= 0.6 is 0 Å². The van der Waals surface area contributed by atoms with Gasteiger partial charge in [-0.3, -0.25) is 4.98 Å². The van der Waals surface area contributed by atoms with Gasteiger partial charge in [0.15, 0.2) is 0 Å². The van der Waals surface area contributed by atoms with Crippen LogP contribution in [0.2, 0.25) is 0 Å². The summed E-state index contributed by atoms with van der Waals surface area (Å²) in [6.07, 6.45) is 1.35. The standard InChI is InChI=1S/C25H21F2N3O2S/c26-18-10-11-22-20(16-18)25(24(17-28-22)33(31,32)19-6-2-1-3-7-19)30-14-12-29(13-15-30)23-9-5-4-8-21(23)27/h1-11,16-17H,12-15H2. The van der Waals surface area contributed by atoms with Crippen LogP contribution < -0.4 is 9.80 Å². The normalized spacial score (nSPS) is 14.6. The molecule has 0 radical (unpaired) electrons. The number of sulfone groups is 1. The molecule has 0 amide bonds. The third-order valence-corrected chi connectivity index (χ3v) is 7.67. The molecule has 0 bridgehead atoms. The molecule has 1 fully saturated rings. The topological polar surface area (TPSA) is 53.5 Å². The van der Waals surface area contributed by atoms with E-state index in [-0.39, 0.29) is 15.6 Å². The predicted molar refractivity (Wildman–Crippen MR) is 124 cm³/mol. The van der Waals surface area contributed by atoms with Crippen LogP contribution in [0, 0.1) is 11.6 Å². The molecule has 2 heterocycles. The van der Waals surface area contributed by atoms with Crippen LogP contribution in [0.5, 0.6) is 0 Å². The Morgan fingerprint density at radius 1 is 0.788 bits per heavy atom. The molecule has 0 unspecified atom stereocenters. The maximum absolute atomic E-state index is 14.3. The Hall–Kier alpha value is -3.52. The van der Waals surface area contributed by atoms with Crippen LogP contribution in [-0.2, 0) is 9.84 Å². The Bertz CT molecular complexity index is 1420. The van der Waals surface area contributed by atoms with Gasteiger partial charge in [-0.1, -0.05) is 30.3 Å². The molecule has 33 heavy (non-hydrogen) atoms. The second-order valence-corrected chi connectivity index (χ2v) is 9.79. The van der Waals surface area contributed by atoms with Gasteiger partial charge in [-0.15, -0.1) is 0 Å². The van der Waals surface area contributed by atoms with E-state index < -0.39 is 15.7 Å². The molecule has 168 valence electrons. The zero-order valence-electron chi connectivity index (χ0n) is 17.7. The van der Waals surface area contributed by atoms with Gasteiger partial charge in [0, 0.05) is 37.8 Å². The first-order chi connectivity index (χ1) is 15.9. The molecule has 1 aromatic heterocycles. The molecule has 0 atom stereocenters. The minimum Gasteiger partial charge on any atom is -0.366 e. The van der Waals surface area contributed by atoms with Gasteiger partial charge in [0.25, 0.3) is 0 Å².